The van der Waals surface area contributed by atoms with Gasteiger partial charge in [0.15, 0.2) is 0 Å². The molecule has 0 spiro atoms. The summed E-state index contributed by atoms with van der Waals surface area (Å²) in [6.07, 6.45) is 3.53. The van der Waals surface area contributed by atoms with Crippen LogP contribution in [-0.2, 0) is 23.5 Å². The van der Waals surface area contributed by atoms with Crippen molar-refractivity contribution in [1.82, 2.24) is 0 Å². The van der Waals surface area contributed by atoms with Crippen LogP contribution in [0, 0.1) is 0 Å². The highest BCUT2D eigenvalue weighted by Crippen LogP contribution is 2.52. The largest absolute Gasteiger partial charge is 0.549 e. The summed E-state index contributed by atoms with van der Waals surface area (Å²) < 4.78 is 14.5. The van der Waals surface area contributed by atoms with Gasteiger partial charge in [-0.2, -0.15) is 0 Å². The Bertz CT molecular complexity index is 553. The van der Waals surface area contributed by atoms with Crippen LogP contribution in [0.5, 0.6) is 0 Å². The first-order valence-electron chi connectivity index (χ1n) is 9.36. The maximum absolute atomic E-state index is 12.9. The number of carbonyl (C=O) groups is 2. The van der Waals surface area contributed by atoms with Crippen LogP contribution < -0.4 is 0 Å². The molecule has 1 saturated heterocycles. The minimum Gasteiger partial charge on any atom is -0.549 e. The van der Waals surface area contributed by atoms with Crippen LogP contribution in [0.4, 0.5) is 0 Å². The van der Waals surface area contributed by atoms with E-state index in [1.54, 1.807) is 31.9 Å². The van der Waals surface area contributed by atoms with Crippen LogP contribution in [-0.4, -0.2) is 54.5 Å². The second-order valence-electron chi connectivity index (χ2n) is 8.11. The van der Waals surface area contributed by atoms with E-state index in [0.717, 1.165) is 5.75 Å². The third-order valence-electron chi connectivity index (χ3n) is 5.18. The Morgan fingerprint density at radius 1 is 1.04 bits per heavy atom. The molecule has 27 heavy (non-hydrogen) atoms. The van der Waals surface area contributed by atoms with Gasteiger partial charge in [-0.3, -0.25) is 0 Å². The molecule has 1 aliphatic rings. The van der Waals surface area contributed by atoms with E-state index in [9.17, 15) is 9.59 Å². The minimum absolute atomic E-state index is 0.0616. The van der Waals surface area contributed by atoms with Gasteiger partial charge in [-0.25, -0.2) is 9.59 Å². The zero-order valence-corrected chi connectivity index (χ0v) is 20.5. The van der Waals surface area contributed by atoms with Crippen molar-refractivity contribution in [3.8, 4) is 0 Å². The third-order valence-corrected chi connectivity index (χ3v) is 13.0. The van der Waals surface area contributed by atoms with E-state index in [1.165, 1.54) is 11.8 Å². The summed E-state index contributed by atoms with van der Waals surface area (Å²) in [6.45, 7) is 16.6. The fraction of sp³-hybridized carbons (Fsp3) is 0.789. The summed E-state index contributed by atoms with van der Waals surface area (Å²) in [5, 5.41) is 0.0616. The molecule has 0 aromatic carbocycles. The first kappa shape index (κ1) is 24.4. The van der Waals surface area contributed by atoms with Gasteiger partial charge in [-0.1, -0.05) is 20.8 Å². The summed E-state index contributed by atoms with van der Waals surface area (Å²) in [6, 6.07) is 0. The Morgan fingerprint density at radius 2 is 1.52 bits per heavy atom. The molecule has 0 bridgehead atoms. The number of esters is 2. The lowest BCUT2D eigenvalue weighted by atomic mass is 9.91. The smallest absolute Gasteiger partial charge is 0.335 e. The molecule has 0 radical (unpaired) electrons. The lowest BCUT2D eigenvalue weighted by molar-refractivity contribution is -0.159. The predicted molar refractivity (Wildman–Crippen MR) is 117 cm³/mol. The first-order valence-corrected chi connectivity index (χ1v) is 14.2. The lowest BCUT2D eigenvalue weighted by Crippen LogP contribution is -2.61. The van der Waals surface area contributed by atoms with Crippen molar-refractivity contribution in [2.45, 2.75) is 69.2 Å². The number of thioether (sulfide) groups is 2. The van der Waals surface area contributed by atoms with Crippen molar-refractivity contribution in [3.63, 3.8) is 0 Å². The molecule has 1 aliphatic heterocycles. The summed E-state index contributed by atoms with van der Waals surface area (Å²) in [5.41, 5.74) is 0. The monoisotopic (exact) mass is 434 g/mol. The van der Waals surface area contributed by atoms with Gasteiger partial charge in [-0.05, 0) is 45.0 Å². The standard InChI is InChI=1S/C19H34O5S2Si/c1-9-22-15(20)19(16(21)23-10-2)18(6,25-13-14-26-19)11-12-24-27(7,8)17(3,4)5/h11-12H,9-10,13-14H2,1-8H3/b12-11-. The zero-order chi connectivity index (χ0) is 20.9. The molecule has 156 valence electrons. The fourth-order valence-electron chi connectivity index (χ4n) is 2.44. The number of hydrogen-bond acceptors (Lipinski definition) is 7. The second kappa shape index (κ2) is 9.26. The molecule has 1 unspecified atom stereocenters. The van der Waals surface area contributed by atoms with Crippen molar-refractivity contribution < 1.29 is 23.5 Å². The van der Waals surface area contributed by atoms with E-state index >= 15 is 0 Å². The Labute approximate surface area is 173 Å². The highest BCUT2D eigenvalue weighted by Gasteiger charge is 2.63. The Morgan fingerprint density at radius 3 is 1.96 bits per heavy atom. The molecule has 1 atom stereocenters. The number of rotatable bonds is 7. The molecule has 8 heteroatoms. The van der Waals surface area contributed by atoms with Crippen molar-refractivity contribution in [3.05, 3.63) is 12.3 Å². The maximum Gasteiger partial charge on any atom is 0.335 e. The highest BCUT2D eigenvalue weighted by molar-refractivity contribution is 8.09. The number of hydrogen-bond donors (Lipinski definition) is 0. The van der Waals surface area contributed by atoms with E-state index in [0.29, 0.717) is 5.75 Å². The first-order chi connectivity index (χ1) is 12.4. The van der Waals surface area contributed by atoms with E-state index in [1.807, 2.05) is 13.0 Å². The molecule has 1 heterocycles. The van der Waals surface area contributed by atoms with Crippen LogP contribution in [0.25, 0.3) is 0 Å². The normalized spacial score (nSPS) is 23.1. The maximum atomic E-state index is 12.9. The van der Waals surface area contributed by atoms with Gasteiger partial charge in [0.1, 0.15) is 0 Å². The zero-order valence-electron chi connectivity index (χ0n) is 17.8. The van der Waals surface area contributed by atoms with Crippen molar-refractivity contribution in [1.29, 1.82) is 0 Å². The molecular formula is C19H34O5S2Si. The predicted octanol–water partition coefficient (Wildman–Crippen LogP) is 4.63. The van der Waals surface area contributed by atoms with E-state index in [2.05, 4.69) is 33.9 Å². The number of carbonyl (C=O) groups excluding carboxylic acids is 2. The Balaban J connectivity index is 3.29. The SMILES string of the molecule is CCOC(=O)C1(C(=O)OCC)SCCSC1(C)/C=C\O[Si](C)(C)C(C)(C)C. The minimum atomic E-state index is -1.99. The quantitative estimate of drug-likeness (QED) is 0.251. The van der Waals surface area contributed by atoms with Gasteiger partial charge in [0.2, 0.25) is 13.1 Å². The van der Waals surface area contributed by atoms with E-state index < -0.39 is 29.8 Å². The highest BCUT2D eigenvalue weighted by atomic mass is 32.2. The Kier molecular flexibility index (Phi) is 8.38. The average Bonchev–Trinajstić information content (AvgIpc) is 2.54. The summed E-state index contributed by atoms with van der Waals surface area (Å²) in [5.74, 6) is 0.418. The van der Waals surface area contributed by atoms with Crippen LogP contribution in [0.3, 0.4) is 0 Å². The van der Waals surface area contributed by atoms with Crippen molar-refractivity contribution in [2.75, 3.05) is 24.7 Å². The van der Waals surface area contributed by atoms with E-state index in [4.69, 9.17) is 13.9 Å². The van der Waals surface area contributed by atoms with Crippen LogP contribution in [0.15, 0.2) is 12.3 Å². The third kappa shape index (κ3) is 5.06. The van der Waals surface area contributed by atoms with Crippen molar-refractivity contribution >= 4 is 43.8 Å². The molecule has 0 aliphatic carbocycles. The molecule has 0 N–H and O–H groups in total. The lowest BCUT2D eigenvalue weighted by Gasteiger charge is -2.45. The van der Waals surface area contributed by atoms with Crippen molar-refractivity contribution in [2.24, 2.45) is 0 Å². The van der Waals surface area contributed by atoms with Crippen LogP contribution in [0.2, 0.25) is 18.1 Å². The molecule has 0 aromatic rings. The average molecular weight is 435 g/mol. The summed E-state index contributed by atoms with van der Waals surface area (Å²) in [7, 11) is -1.99. The van der Waals surface area contributed by atoms with Gasteiger partial charge in [0.05, 0.1) is 24.2 Å². The Hall–Kier alpha value is -0.603. The molecule has 0 aromatic heterocycles. The van der Waals surface area contributed by atoms with Crippen LogP contribution in [0.1, 0.15) is 41.5 Å². The number of ether oxygens (including phenoxy) is 2. The van der Waals surface area contributed by atoms with Gasteiger partial charge in [-0.15, -0.1) is 23.5 Å². The summed E-state index contributed by atoms with van der Waals surface area (Å²) in [4.78, 5) is 25.9. The molecule has 0 saturated carbocycles. The van der Waals surface area contributed by atoms with Gasteiger partial charge in [0.25, 0.3) is 0 Å². The van der Waals surface area contributed by atoms with E-state index in [-0.39, 0.29) is 18.3 Å². The van der Waals surface area contributed by atoms with Gasteiger partial charge < -0.3 is 13.9 Å². The molecule has 5 nitrogen and oxygen atoms in total. The van der Waals surface area contributed by atoms with Gasteiger partial charge >= 0.3 is 11.9 Å². The summed E-state index contributed by atoms with van der Waals surface area (Å²) >= 11 is 2.88. The topological polar surface area (TPSA) is 61.8 Å². The van der Waals surface area contributed by atoms with Crippen LogP contribution >= 0.6 is 23.5 Å². The van der Waals surface area contributed by atoms with Gasteiger partial charge in [0, 0.05) is 11.5 Å². The molecule has 0 amide bonds. The molecule has 1 fully saturated rings. The molecular weight excluding hydrogens is 400 g/mol. The fourth-order valence-corrected chi connectivity index (χ4v) is 6.18. The second-order valence-corrected chi connectivity index (χ2v) is 15.7. The molecule has 1 rings (SSSR count).